The molecule has 13 heavy (non-hydrogen) atoms. The Hall–Kier alpha value is -1.52. The fraction of sp³-hybridized carbons (Fsp3) is 0.500. The number of carbonyl (C=O) groups is 1. The Kier molecular flexibility index (Phi) is 3.31. The maximum Gasteiger partial charge on any atom is 0.344 e. The monoisotopic (exact) mass is 184 g/mol. The second kappa shape index (κ2) is 4.49. The average Bonchev–Trinajstić information content (AvgIpc) is 2.49. The number of rotatable bonds is 4. The molecule has 0 aromatic carbocycles. The number of esters is 1. The second-order valence-electron chi connectivity index (χ2n) is 2.48. The van der Waals surface area contributed by atoms with Gasteiger partial charge in [-0.1, -0.05) is 0 Å². The van der Waals surface area contributed by atoms with Gasteiger partial charge in [-0.15, -0.1) is 5.10 Å². The molecule has 0 spiro atoms. The van der Waals surface area contributed by atoms with Crippen molar-refractivity contribution >= 4 is 5.97 Å². The van der Waals surface area contributed by atoms with Gasteiger partial charge in [0.25, 0.3) is 0 Å². The molecule has 0 bridgehead atoms. The zero-order valence-corrected chi connectivity index (χ0v) is 7.66. The SMILES string of the molecule is CCOC(=O)COc1cc(C)[nH]n1. The molecule has 0 aliphatic heterocycles. The zero-order valence-electron chi connectivity index (χ0n) is 7.66. The quantitative estimate of drug-likeness (QED) is 0.698. The van der Waals surface area contributed by atoms with Crippen molar-refractivity contribution in [3.05, 3.63) is 11.8 Å². The van der Waals surface area contributed by atoms with E-state index < -0.39 is 0 Å². The third-order valence-corrected chi connectivity index (χ3v) is 1.33. The molecule has 72 valence electrons. The van der Waals surface area contributed by atoms with Crippen molar-refractivity contribution in [2.24, 2.45) is 0 Å². The summed E-state index contributed by atoms with van der Waals surface area (Å²) in [6.07, 6.45) is 0. The van der Waals surface area contributed by atoms with Crippen molar-refractivity contribution in [2.45, 2.75) is 13.8 Å². The van der Waals surface area contributed by atoms with Crippen LogP contribution in [0.4, 0.5) is 0 Å². The zero-order chi connectivity index (χ0) is 9.68. The van der Waals surface area contributed by atoms with Crippen LogP contribution in [0, 0.1) is 6.92 Å². The molecule has 5 nitrogen and oxygen atoms in total. The third-order valence-electron chi connectivity index (χ3n) is 1.33. The molecule has 0 saturated heterocycles. The van der Waals surface area contributed by atoms with Gasteiger partial charge in [0.15, 0.2) is 6.61 Å². The van der Waals surface area contributed by atoms with Crippen molar-refractivity contribution in [1.29, 1.82) is 0 Å². The minimum Gasteiger partial charge on any atom is -0.465 e. The van der Waals surface area contributed by atoms with Crippen LogP contribution in [0.2, 0.25) is 0 Å². The van der Waals surface area contributed by atoms with Crippen LogP contribution in [0.3, 0.4) is 0 Å². The predicted octanol–water partition coefficient (Wildman–Crippen LogP) is 0.660. The predicted molar refractivity (Wildman–Crippen MR) is 45.5 cm³/mol. The molecule has 0 aliphatic rings. The van der Waals surface area contributed by atoms with Crippen LogP contribution in [-0.2, 0) is 9.53 Å². The van der Waals surface area contributed by atoms with Gasteiger partial charge < -0.3 is 9.47 Å². The molecule has 0 fully saturated rings. The number of aromatic nitrogens is 2. The Balaban J connectivity index is 2.30. The smallest absolute Gasteiger partial charge is 0.344 e. The van der Waals surface area contributed by atoms with E-state index in [9.17, 15) is 4.79 Å². The summed E-state index contributed by atoms with van der Waals surface area (Å²) in [6.45, 7) is 3.86. The highest BCUT2D eigenvalue weighted by Gasteiger charge is 2.04. The first-order valence-corrected chi connectivity index (χ1v) is 4.02. The lowest BCUT2D eigenvalue weighted by Crippen LogP contribution is -2.14. The number of aryl methyl sites for hydroxylation is 1. The fourth-order valence-corrected chi connectivity index (χ4v) is 0.802. The molecule has 0 saturated carbocycles. The highest BCUT2D eigenvalue weighted by atomic mass is 16.6. The molecular formula is C8H12N2O3. The van der Waals surface area contributed by atoms with Crippen LogP contribution in [0.15, 0.2) is 6.07 Å². The summed E-state index contributed by atoms with van der Waals surface area (Å²) < 4.78 is 9.69. The van der Waals surface area contributed by atoms with E-state index in [1.807, 2.05) is 6.92 Å². The highest BCUT2D eigenvalue weighted by molar-refractivity contribution is 5.70. The van der Waals surface area contributed by atoms with Gasteiger partial charge in [0, 0.05) is 11.8 Å². The summed E-state index contributed by atoms with van der Waals surface area (Å²) in [5.41, 5.74) is 0.888. The molecule has 1 heterocycles. The summed E-state index contributed by atoms with van der Waals surface area (Å²) in [5, 5.41) is 6.49. The molecule has 1 aromatic heterocycles. The lowest BCUT2D eigenvalue weighted by molar-refractivity contribution is -0.145. The number of ether oxygens (including phenoxy) is 2. The lowest BCUT2D eigenvalue weighted by atomic mass is 10.5. The third kappa shape index (κ3) is 3.14. The van der Waals surface area contributed by atoms with E-state index >= 15 is 0 Å². The molecular weight excluding hydrogens is 172 g/mol. The van der Waals surface area contributed by atoms with Gasteiger partial charge in [-0.3, -0.25) is 5.10 Å². The highest BCUT2D eigenvalue weighted by Crippen LogP contribution is 2.06. The molecule has 0 aliphatic carbocycles. The fourth-order valence-electron chi connectivity index (χ4n) is 0.802. The maximum atomic E-state index is 10.8. The van der Waals surface area contributed by atoms with Crippen molar-refractivity contribution < 1.29 is 14.3 Å². The van der Waals surface area contributed by atoms with Crippen molar-refractivity contribution in [1.82, 2.24) is 10.2 Å². The van der Waals surface area contributed by atoms with E-state index in [-0.39, 0.29) is 12.6 Å². The van der Waals surface area contributed by atoms with Crippen molar-refractivity contribution in [3.8, 4) is 5.88 Å². The van der Waals surface area contributed by atoms with Crippen LogP contribution in [0.5, 0.6) is 5.88 Å². The first kappa shape index (κ1) is 9.57. The van der Waals surface area contributed by atoms with Gasteiger partial charge in [-0.25, -0.2) is 4.79 Å². The van der Waals surface area contributed by atoms with Crippen LogP contribution < -0.4 is 4.74 Å². The van der Waals surface area contributed by atoms with E-state index in [4.69, 9.17) is 4.74 Å². The number of hydrogen-bond donors (Lipinski definition) is 1. The number of nitrogens with zero attached hydrogens (tertiary/aromatic N) is 1. The van der Waals surface area contributed by atoms with Crippen molar-refractivity contribution in [3.63, 3.8) is 0 Å². The molecule has 5 heteroatoms. The number of carbonyl (C=O) groups excluding carboxylic acids is 1. The van der Waals surface area contributed by atoms with Gasteiger partial charge in [-0.2, -0.15) is 0 Å². The molecule has 0 amide bonds. The van der Waals surface area contributed by atoms with E-state index in [2.05, 4.69) is 14.9 Å². The van der Waals surface area contributed by atoms with Gasteiger partial charge in [-0.05, 0) is 13.8 Å². The number of hydrogen-bond acceptors (Lipinski definition) is 4. The van der Waals surface area contributed by atoms with E-state index in [0.29, 0.717) is 12.5 Å². The molecule has 0 radical (unpaired) electrons. The summed E-state index contributed by atoms with van der Waals surface area (Å²) in [7, 11) is 0. The minimum absolute atomic E-state index is 0.0991. The van der Waals surface area contributed by atoms with Crippen LogP contribution in [0.1, 0.15) is 12.6 Å². The van der Waals surface area contributed by atoms with Crippen LogP contribution >= 0.6 is 0 Å². The summed E-state index contributed by atoms with van der Waals surface area (Å²) in [5.74, 6) is 0.0220. The van der Waals surface area contributed by atoms with E-state index in [1.165, 1.54) is 0 Å². The first-order chi connectivity index (χ1) is 6.22. The second-order valence-corrected chi connectivity index (χ2v) is 2.48. The van der Waals surface area contributed by atoms with Gasteiger partial charge in [0.1, 0.15) is 0 Å². The normalized spacial score (nSPS) is 9.69. The lowest BCUT2D eigenvalue weighted by Gasteiger charge is -2.01. The Labute approximate surface area is 76.0 Å². The number of nitrogens with one attached hydrogen (secondary N) is 1. The number of H-pyrrole nitrogens is 1. The van der Waals surface area contributed by atoms with Gasteiger partial charge >= 0.3 is 5.97 Å². The number of aromatic amines is 1. The summed E-state index contributed by atoms with van der Waals surface area (Å²) in [6, 6.07) is 1.71. The molecule has 1 N–H and O–H groups in total. The van der Waals surface area contributed by atoms with Gasteiger partial charge in [0.2, 0.25) is 5.88 Å². The molecule has 0 atom stereocenters. The van der Waals surface area contributed by atoms with Crippen molar-refractivity contribution in [2.75, 3.05) is 13.2 Å². The Morgan fingerprint density at radius 3 is 3.00 bits per heavy atom. The molecule has 1 aromatic rings. The largest absolute Gasteiger partial charge is 0.465 e. The minimum atomic E-state index is -0.386. The Morgan fingerprint density at radius 1 is 1.69 bits per heavy atom. The van der Waals surface area contributed by atoms with Crippen LogP contribution in [0.25, 0.3) is 0 Å². The molecule has 1 rings (SSSR count). The molecule has 0 unspecified atom stereocenters. The standard InChI is InChI=1S/C8H12N2O3/c1-3-12-8(11)5-13-7-4-6(2)9-10-7/h4H,3,5H2,1-2H3,(H,9,10). The summed E-state index contributed by atoms with van der Waals surface area (Å²) in [4.78, 5) is 10.8. The maximum absolute atomic E-state index is 10.8. The van der Waals surface area contributed by atoms with Gasteiger partial charge in [0.05, 0.1) is 6.61 Å². The first-order valence-electron chi connectivity index (χ1n) is 4.02. The van der Waals surface area contributed by atoms with E-state index in [1.54, 1.807) is 13.0 Å². The average molecular weight is 184 g/mol. The topological polar surface area (TPSA) is 64.2 Å². The van der Waals surface area contributed by atoms with E-state index in [0.717, 1.165) is 5.69 Å². The Bertz CT molecular complexity index is 283. The summed E-state index contributed by atoms with van der Waals surface area (Å²) >= 11 is 0. The van der Waals surface area contributed by atoms with Crippen LogP contribution in [-0.4, -0.2) is 29.4 Å². The Morgan fingerprint density at radius 2 is 2.46 bits per heavy atom.